The van der Waals surface area contributed by atoms with Crippen LogP contribution in [-0.2, 0) is 42.6 Å². The van der Waals surface area contributed by atoms with Gasteiger partial charge in [0.15, 0.2) is 30.9 Å². The zero-order valence-electron chi connectivity index (χ0n) is 42.9. The summed E-state index contributed by atoms with van der Waals surface area (Å²) in [5.74, 6) is 0.224. The van der Waals surface area contributed by atoms with E-state index in [1.807, 2.05) is 6.92 Å². The zero-order valence-corrected chi connectivity index (χ0v) is 42.9. The lowest BCUT2D eigenvalue weighted by atomic mass is 9.47. The number of ether oxygens (including phenoxy) is 9. The number of hydrogen-bond donors (Lipinski definition) is 14. The summed E-state index contributed by atoms with van der Waals surface area (Å²) in [7, 11) is 0. The first-order valence-electron chi connectivity index (χ1n) is 26.9. The molecule has 0 aromatic carbocycles. The molecule has 0 aromatic heterocycles. The summed E-state index contributed by atoms with van der Waals surface area (Å²) in [6, 6.07) is 0. The predicted molar refractivity (Wildman–Crippen MR) is 250 cm³/mol. The molecule has 0 spiro atoms. The summed E-state index contributed by atoms with van der Waals surface area (Å²) in [5, 5.41) is 151. The maximum Gasteiger partial charge on any atom is 0.187 e. The van der Waals surface area contributed by atoms with Crippen LogP contribution in [-0.4, -0.2) is 239 Å². The number of aliphatic hydroxyl groups is 14. The highest BCUT2D eigenvalue weighted by molar-refractivity contribution is 5.26. The van der Waals surface area contributed by atoms with Gasteiger partial charge in [-0.2, -0.15) is 0 Å². The summed E-state index contributed by atoms with van der Waals surface area (Å²) >= 11 is 0. The number of hydrogen-bond acceptors (Lipinski definition) is 23. The van der Waals surface area contributed by atoms with Gasteiger partial charge in [-0.15, -0.1) is 0 Å². The predicted octanol–water partition coefficient (Wildman–Crippen LogP) is -3.01. The van der Waals surface area contributed by atoms with E-state index in [9.17, 15) is 71.5 Å². The van der Waals surface area contributed by atoms with Gasteiger partial charge in [0.05, 0.1) is 38.1 Å². The molecule has 3 saturated carbocycles. The molecule has 74 heavy (non-hydrogen) atoms. The molecule has 4 aliphatic carbocycles. The normalized spacial score (nSPS) is 54.9. The van der Waals surface area contributed by atoms with Gasteiger partial charge in [-0.1, -0.05) is 39.3 Å². The molecule has 5 aliphatic heterocycles. The summed E-state index contributed by atoms with van der Waals surface area (Å²) < 4.78 is 55.1. The third-order valence-electron chi connectivity index (χ3n) is 19.5. The molecule has 8 fully saturated rings. The van der Waals surface area contributed by atoms with Crippen molar-refractivity contribution in [3.05, 3.63) is 11.6 Å². The Labute approximate surface area is 430 Å². The molecule has 9 aliphatic rings. The van der Waals surface area contributed by atoms with Gasteiger partial charge in [0.25, 0.3) is 0 Å². The van der Waals surface area contributed by atoms with E-state index in [2.05, 4.69) is 26.8 Å². The monoisotopic (exact) mass is 1060 g/mol. The second-order valence-corrected chi connectivity index (χ2v) is 23.8. The van der Waals surface area contributed by atoms with Crippen molar-refractivity contribution in [2.45, 2.75) is 233 Å². The van der Waals surface area contributed by atoms with Crippen LogP contribution in [0.15, 0.2) is 11.6 Å². The first kappa shape index (κ1) is 57.5. The lowest BCUT2D eigenvalue weighted by Gasteiger charge is -2.58. The Hall–Kier alpha value is -1.18. The van der Waals surface area contributed by atoms with Crippen molar-refractivity contribution >= 4 is 0 Å². The van der Waals surface area contributed by atoms with E-state index in [4.69, 9.17) is 42.6 Å². The molecule has 0 amide bonds. The van der Waals surface area contributed by atoms with Crippen LogP contribution in [0.5, 0.6) is 0 Å². The van der Waals surface area contributed by atoms with Gasteiger partial charge in [0, 0.05) is 18.9 Å². The van der Waals surface area contributed by atoms with E-state index in [1.165, 1.54) is 12.5 Å². The molecule has 426 valence electrons. The molecular formula is C51H84O23. The van der Waals surface area contributed by atoms with Gasteiger partial charge >= 0.3 is 0 Å². The second-order valence-electron chi connectivity index (χ2n) is 23.8. The summed E-state index contributed by atoms with van der Waals surface area (Å²) in [5.41, 5.74) is 1.07. The van der Waals surface area contributed by atoms with Gasteiger partial charge < -0.3 is 114 Å². The Bertz CT molecular complexity index is 1920. The topological polar surface area (TPSA) is 366 Å². The van der Waals surface area contributed by atoms with Crippen LogP contribution in [0.25, 0.3) is 0 Å². The Balaban J connectivity index is 0.933. The molecule has 14 N–H and O–H groups in total. The minimum Gasteiger partial charge on any atom is -0.396 e. The average Bonchev–Trinajstić information content (AvgIpc) is 3.82. The Kier molecular flexibility index (Phi) is 17.4. The van der Waals surface area contributed by atoms with Crippen molar-refractivity contribution in [3.63, 3.8) is 0 Å². The highest BCUT2D eigenvalue weighted by atomic mass is 16.8. The molecule has 0 radical (unpaired) electrons. The van der Waals surface area contributed by atoms with Gasteiger partial charge in [-0.05, 0) is 98.7 Å². The Morgan fingerprint density at radius 2 is 1.19 bits per heavy atom. The van der Waals surface area contributed by atoms with Crippen molar-refractivity contribution in [1.82, 2.24) is 0 Å². The van der Waals surface area contributed by atoms with E-state index in [0.29, 0.717) is 43.4 Å². The van der Waals surface area contributed by atoms with Crippen LogP contribution >= 0.6 is 0 Å². The highest BCUT2D eigenvalue weighted by Crippen LogP contribution is 2.70. The second kappa shape index (κ2) is 22.4. The molecule has 31 atom stereocenters. The maximum atomic E-state index is 12.4. The van der Waals surface area contributed by atoms with Crippen LogP contribution in [0.1, 0.15) is 92.4 Å². The highest BCUT2D eigenvalue weighted by Gasteiger charge is 2.68. The lowest BCUT2D eigenvalue weighted by Crippen LogP contribution is -2.68. The van der Waals surface area contributed by atoms with Crippen molar-refractivity contribution in [1.29, 1.82) is 0 Å². The fourth-order valence-corrected chi connectivity index (χ4v) is 15.0. The van der Waals surface area contributed by atoms with Crippen LogP contribution in [0.4, 0.5) is 0 Å². The van der Waals surface area contributed by atoms with Gasteiger partial charge in [0.1, 0.15) is 91.6 Å². The van der Waals surface area contributed by atoms with Crippen molar-refractivity contribution in [2.24, 2.45) is 46.3 Å². The molecule has 2 unspecified atom stereocenters. The van der Waals surface area contributed by atoms with Gasteiger partial charge in [0.2, 0.25) is 0 Å². The third-order valence-corrected chi connectivity index (χ3v) is 19.5. The third kappa shape index (κ3) is 10.1. The standard InChI is InChI=1S/C51H84O23/c1-20(16-52)8-13-51(65)21(2)32-28(74-51)15-27-25-7-6-23-14-24(9-11-49(23,4)26(25)10-12-50(27,32)5)67-47-44(73-45-39(62)36(59)33(56)22(3)66-45)41(64)42(31(19-55)70-47)71-48-43(38(61)35(58)30(18-54)69-48)72-46-40(63)37(60)34(57)29(17-53)68-46/h6,20-22,24-48,52-65H,7-19H2,1-5H3/t20?,21-,22+,24-,25+,26-,27-,28-,29+,30+,31+,32-,33+,34+,35+,36-,37-,38-,39-,40+,41-,42+,43+,44+,45-,46-,47+,48-,49-,50-,51?/m0/s1. The molecule has 5 heterocycles. The summed E-state index contributed by atoms with van der Waals surface area (Å²) in [4.78, 5) is 0. The summed E-state index contributed by atoms with van der Waals surface area (Å²) in [6.45, 7) is 7.87. The van der Waals surface area contributed by atoms with E-state index < -0.39 is 155 Å². The van der Waals surface area contributed by atoms with E-state index in [0.717, 1.165) is 32.1 Å². The van der Waals surface area contributed by atoms with Crippen molar-refractivity contribution < 1.29 is 114 Å². The zero-order chi connectivity index (χ0) is 53.5. The lowest BCUT2D eigenvalue weighted by molar-refractivity contribution is -0.401. The SMILES string of the molecule is CC(CO)CCC1(O)O[C@H]2C[C@H]3[C@@H]4CC=C5C[C@@H](O[C@@H]6O[C@H](CO)[C@@H](O[C@@H]7O[C@H](CO)[C@@H](O)[C@H](O)[C@H]7O[C@@H]7O[C@H](CO)[C@@H](O)[C@H](O)[C@H]7O)[C@H](O)[C@H]6O[C@@H]6O[C@H](C)[C@@H](O)[C@H](O)[C@@H]6O)CC[C@]5(C)[C@H]4CC[C@]3(C)[C@H]2[C@@H]1C. The molecule has 5 saturated heterocycles. The molecule has 0 aromatic rings. The maximum absolute atomic E-state index is 12.4. The number of aliphatic hydroxyl groups excluding tert-OH is 13. The average molecular weight is 1070 g/mol. The van der Waals surface area contributed by atoms with Crippen LogP contribution in [0.2, 0.25) is 0 Å². The number of allylic oxidation sites excluding steroid dienone is 1. The Morgan fingerprint density at radius 3 is 1.84 bits per heavy atom. The fraction of sp³-hybridized carbons (Fsp3) is 0.961. The molecule has 9 rings (SSSR count). The number of fused-ring (bicyclic) bond motifs is 7. The van der Waals surface area contributed by atoms with E-state index >= 15 is 0 Å². The van der Waals surface area contributed by atoms with Crippen molar-refractivity contribution in [3.8, 4) is 0 Å². The Morgan fingerprint density at radius 1 is 0.622 bits per heavy atom. The van der Waals surface area contributed by atoms with E-state index in [1.54, 1.807) is 0 Å². The van der Waals surface area contributed by atoms with Crippen LogP contribution in [0, 0.1) is 46.3 Å². The molecule has 23 heteroatoms. The quantitative estimate of drug-likeness (QED) is 0.0727. The van der Waals surface area contributed by atoms with Crippen LogP contribution < -0.4 is 0 Å². The van der Waals surface area contributed by atoms with Gasteiger partial charge in [-0.3, -0.25) is 0 Å². The largest absolute Gasteiger partial charge is 0.396 e. The molecule has 23 nitrogen and oxygen atoms in total. The minimum absolute atomic E-state index is 0.0101. The van der Waals surface area contributed by atoms with Gasteiger partial charge in [-0.25, -0.2) is 0 Å². The van der Waals surface area contributed by atoms with Crippen LogP contribution in [0.3, 0.4) is 0 Å². The molecular weight excluding hydrogens is 981 g/mol. The smallest absolute Gasteiger partial charge is 0.187 e. The fourth-order valence-electron chi connectivity index (χ4n) is 15.0. The van der Waals surface area contributed by atoms with E-state index in [-0.39, 0.29) is 41.3 Å². The summed E-state index contributed by atoms with van der Waals surface area (Å²) in [6.07, 6.45) is -25.4. The molecule has 0 bridgehead atoms. The minimum atomic E-state index is -1.97. The van der Waals surface area contributed by atoms with Crippen molar-refractivity contribution in [2.75, 3.05) is 26.4 Å². The first-order valence-corrected chi connectivity index (χ1v) is 26.9. The first-order chi connectivity index (χ1) is 35.0. The number of rotatable bonds is 15.